The highest BCUT2D eigenvalue weighted by Gasteiger charge is 2.37. The molecule has 0 unspecified atom stereocenters. The van der Waals surface area contributed by atoms with Gasteiger partial charge in [0.2, 0.25) is 0 Å². The average molecular weight is 252 g/mol. The Kier molecular flexibility index (Phi) is 4.46. The topological polar surface area (TPSA) is 48.1 Å². The van der Waals surface area contributed by atoms with Crippen LogP contribution in [0.1, 0.15) is 32.2 Å². The van der Waals surface area contributed by atoms with Crippen LogP contribution >= 0.6 is 0 Å². The van der Waals surface area contributed by atoms with Crippen LogP contribution in [0.3, 0.4) is 0 Å². The van der Waals surface area contributed by atoms with Crippen LogP contribution in [0.2, 0.25) is 18.1 Å². The molecule has 0 spiro atoms. The highest BCUT2D eigenvalue weighted by molar-refractivity contribution is 6.74. The van der Waals surface area contributed by atoms with Gasteiger partial charge in [-0.2, -0.15) is 0 Å². The molecule has 1 aromatic rings. The summed E-state index contributed by atoms with van der Waals surface area (Å²) in [5.74, 6) is 0. The first-order valence-corrected chi connectivity index (χ1v) is 8.96. The monoisotopic (exact) mass is 252 g/mol. The van der Waals surface area contributed by atoms with Gasteiger partial charge in [-0.25, -0.2) is 0 Å². The third kappa shape index (κ3) is 3.91. The van der Waals surface area contributed by atoms with Crippen LogP contribution in [0, 0.1) is 0 Å². The maximum absolute atomic E-state index is 6.12. The summed E-state index contributed by atoms with van der Waals surface area (Å²) >= 11 is 0. The molecule has 0 saturated heterocycles. The first-order chi connectivity index (χ1) is 7.76. The molecule has 0 aliphatic rings. The molecule has 0 atom stereocenters. The van der Waals surface area contributed by atoms with Crippen molar-refractivity contribution in [2.75, 3.05) is 0 Å². The fourth-order valence-electron chi connectivity index (χ4n) is 1.19. The van der Waals surface area contributed by atoms with Gasteiger partial charge in [-0.3, -0.25) is 4.98 Å². The van der Waals surface area contributed by atoms with Crippen LogP contribution < -0.4 is 5.73 Å². The summed E-state index contributed by atoms with van der Waals surface area (Å²) in [7, 11) is -1.69. The summed E-state index contributed by atoms with van der Waals surface area (Å²) in [6.07, 6.45) is 0. The van der Waals surface area contributed by atoms with Crippen molar-refractivity contribution in [3.8, 4) is 0 Å². The van der Waals surface area contributed by atoms with E-state index in [1.54, 1.807) is 0 Å². The maximum atomic E-state index is 6.12. The summed E-state index contributed by atoms with van der Waals surface area (Å²) < 4.78 is 6.12. The highest BCUT2D eigenvalue weighted by atomic mass is 28.4. The number of nitrogens with zero attached hydrogens (tertiary/aromatic N) is 1. The van der Waals surface area contributed by atoms with Gasteiger partial charge in [-0.05, 0) is 30.3 Å². The second-order valence-electron chi connectivity index (χ2n) is 5.87. The standard InChI is InChI=1S/C13H24N2OSi/c1-13(2,3)17(4,5)16-10-12-8-6-7-11(9-14)15-12/h6-8H,9-10,14H2,1-5H3. The van der Waals surface area contributed by atoms with E-state index in [0.717, 1.165) is 11.4 Å². The van der Waals surface area contributed by atoms with Gasteiger partial charge < -0.3 is 10.2 Å². The van der Waals surface area contributed by atoms with Crippen LogP contribution in [0.5, 0.6) is 0 Å². The summed E-state index contributed by atoms with van der Waals surface area (Å²) in [5, 5.41) is 0.235. The number of rotatable bonds is 4. The zero-order valence-corrected chi connectivity index (χ0v) is 12.6. The molecule has 1 rings (SSSR count). The van der Waals surface area contributed by atoms with E-state index in [9.17, 15) is 0 Å². The van der Waals surface area contributed by atoms with Crippen molar-refractivity contribution >= 4 is 8.32 Å². The van der Waals surface area contributed by atoms with Crippen molar-refractivity contribution in [1.82, 2.24) is 4.98 Å². The van der Waals surface area contributed by atoms with Gasteiger partial charge in [0.05, 0.1) is 18.0 Å². The van der Waals surface area contributed by atoms with E-state index in [1.807, 2.05) is 18.2 Å². The van der Waals surface area contributed by atoms with Gasteiger partial charge in [0, 0.05) is 6.54 Å². The zero-order valence-electron chi connectivity index (χ0n) is 11.6. The van der Waals surface area contributed by atoms with E-state index in [0.29, 0.717) is 13.2 Å². The zero-order chi connectivity index (χ0) is 13.1. The Morgan fingerprint density at radius 3 is 2.35 bits per heavy atom. The van der Waals surface area contributed by atoms with Crippen molar-refractivity contribution in [1.29, 1.82) is 0 Å². The lowest BCUT2D eigenvalue weighted by Crippen LogP contribution is -2.40. The maximum Gasteiger partial charge on any atom is 0.192 e. The Balaban J connectivity index is 2.67. The number of aromatic nitrogens is 1. The molecule has 0 fully saturated rings. The summed E-state index contributed by atoms with van der Waals surface area (Å²) in [5.41, 5.74) is 7.46. The minimum absolute atomic E-state index is 0.235. The SMILES string of the molecule is CC(C)(C)[Si](C)(C)OCc1cccc(CN)n1. The van der Waals surface area contributed by atoms with Crippen LogP contribution in [-0.4, -0.2) is 13.3 Å². The van der Waals surface area contributed by atoms with Gasteiger partial charge in [0.15, 0.2) is 8.32 Å². The lowest BCUT2D eigenvalue weighted by Gasteiger charge is -2.36. The summed E-state index contributed by atoms with van der Waals surface area (Å²) in [6.45, 7) is 12.3. The minimum atomic E-state index is -1.69. The quantitative estimate of drug-likeness (QED) is 0.838. The molecule has 2 N–H and O–H groups in total. The fourth-order valence-corrected chi connectivity index (χ4v) is 2.14. The van der Waals surface area contributed by atoms with Crippen LogP contribution in [0.4, 0.5) is 0 Å². The first-order valence-electron chi connectivity index (χ1n) is 6.05. The van der Waals surface area contributed by atoms with E-state index in [-0.39, 0.29) is 5.04 Å². The Bertz CT molecular complexity index is 372. The molecule has 0 aromatic carbocycles. The van der Waals surface area contributed by atoms with Crippen LogP contribution in [0.15, 0.2) is 18.2 Å². The van der Waals surface area contributed by atoms with Crippen molar-refractivity contribution in [2.45, 2.75) is 52.1 Å². The molecule has 4 heteroatoms. The molecule has 0 bridgehead atoms. The third-order valence-corrected chi connectivity index (χ3v) is 7.94. The van der Waals surface area contributed by atoms with Gasteiger partial charge in [0.1, 0.15) is 0 Å². The molecule has 1 heterocycles. The third-order valence-electron chi connectivity index (χ3n) is 3.46. The molecule has 0 amide bonds. The number of hydrogen-bond acceptors (Lipinski definition) is 3. The molecule has 3 nitrogen and oxygen atoms in total. The van der Waals surface area contributed by atoms with E-state index >= 15 is 0 Å². The molecule has 1 aromatic heterocycles. The highest BCUT2D eigenvalue weighted by Crippen LogP contribution is 2.36. The molecule has 0 radical (unpaired) electrons. The van der Waals surface area contributed by atoms with Crippen molar-refractivity contribution in [3.63, 3.8) is 0 Å². The minimum Gasteiger partial charge on any atom is -0.411 e. The van der Waals surface area contributed by atoms with Crippen molar-refractivity contribution in [2.24, 2.45) is 5.73 Å². The lowest BCUT2D eigenvalue weighted by atomic mass is 10.2. The van der Waals surface area contributed by atoms with E-state index in [4.69, 9.17) is 10.2 Å². The van der Waals surface area contributed by atoms with Crippen LogP contribution in [0.25, 0.3) is 0 Å². The molecular formula is C13H24N2OSi. The molecular weight excluding hydrogens is 228 g/mol. The average Bonchev–Trinajstić information content (AvgIpc) is 2.25. The molecule has 0 aliphatic carbocycles. The smallest absolute Gasteiger partial charge is 0.192 e. The number of nitrogens with two attached hydrogens (primary N) is 1. The second-order valence-corrected chi connectivity index (χ2v) is 10.7. The fraction of sp³-hybridized carbons (Fsp3) is 0.615. The van der Waals surface area contributed by atoms with Crippen molar-refractivity contribution < 1.29 is 4.43 Å². The lowest BCUT2D eigenvalue weighted by molar-refractivity contribution is 0.272. The molecule has 0 aliphatic heterocycles. The van der Waals surface area contributed by atoms with E-state index in [2.05, 4.69) is 38.8 Å². The molecule has 17 heavy (non-hydrogen) atoms. The number of hydrogen-bond donors (Lipinski definition) is 1. The van der Waals surface area contributed by atoms with Gasteiger partial charge >= 0.3 is 0 Å². The Hall–Kier alpha value is -0.713. The van der Waals surface area contributed by atoms with Gasteiger partial charge in [0.25, 0.3) is 0 Å². The largest absolute Gasteiger partial charge is 0.411 e. The number of pyridine rings is 1. The van der Waals surface area contributed by atoms with E-state index < -0.39 is 8.32 Å². The predicted molar refractivity (Wildman–Crippen MR) is 74.1 cm³/mol. The molecule has 0 saturated carbocycles. The second kappa shape index (κ2) is 5.29. The first kappa shape index (κ1) is 14.3. The Morgan fingerprint density at radius 2 is 1.82 bits per heavy atom. The van der Waals surface area contributed by atoms with Crippen molar-refractivity contribution in [3.05, 3.63) is 29.6 Å². The predicted octanol–water partition coefficient (Wildman–Crippen LogP) is 3.06. The summed E-state index contributed by atoms with van der Waals surface area (Å²) in [4.78, 5) is 4.45. The van der Waals surface area contributed by atoms with Crippen LogP contribution in [-0.2, 0) is 17.6 Å². The summed E-state index contributed by atoms with van der Waals surface area (Å²) in [6, 6.07) is 5.92. The normalized spacial score (nSPS) is 12.8. The van der Waals surface area contributed by atoms with Gasteiger partial charge in [-0.1, -0.05) is 26.8 Å². The molecule has 96 valence electrons. The van der Waals surface area contributed by atoms with E-state index in [1.165, 1.54) is 0 Å². The Labute approximate surface area is 106 Å². The Morgan fingerprint density at radius 1 is 1.24 bits per heavy atom. The van der Waals surface area contributed by atoms with Gasteiger partial charge in [-0.15, -0.1) is 0 Å².